The Kier molecular flexibility index (Phi) is 2.32. The molecule has 0 aliphatic carbocycles. The summed E-state index contributed by atoms with van der Waals surface area (Å²) in [4.78, 5) is 16.8. The van der Waals surface area contributed by atoms with Crippen LogP contribution in [0.3, 0.4) is 0 Å². The number of halogens is 2. The minimum absolute atomic E-state index is 1.26. The monoisotopic (exact) mass is 218 g/mol. The van der Waals surface area contributed by atoms with E-state index < -0.39 is 13.9 Å². The second kappa shape index (κ2) is 2.44. The molecule has 0 atom stereocenters. The molecule has 0 saturated heterocycles. The van der Waals surface area contributed by atoms with E-state index in [1.165, 1.54) is 0 Å². The topological polar surface area (TPSA) is 86.3 Å². The highest BCUT2D eigenvalue weighted by molar-refractivity contribution is 9.10. The van der Waals surface area contributed by atoms with E-state index in [0.29, 0.717) is 0 Å². The van der Waals surface area contributed by atoms with Crippen molar-refractivity contribution in [3.8, 4) is 0 Å². The highest BCUT2D eigenvalue weighted by atomic mass is 79.9. The second-order valence-corrected chi connectivity index (χ2v) is 3.11. The third kappa shape index (κ3) is 1.75. The van der Waals surface area contributed by atoms with Gasteiger partial charge in [0.25, 0.3) is 0 Å². The average Bonchev–Trinajstić information content (AvgIpc) is 1.65. The minimum Gasteiger partial charge on any atom is -0.256 e. The van der Waals surface area contributed by atoms with Crippen LogP contribution in [0.5, 0.6) is 0 Å². The molecule has 0 radical (unpaired) electrons. The Morgan fingerprint density at radius 2 is 1.56 bits per heavy atom. The molecule has 0 spiro atoms. The molecule has 0 N–H and O–H groups in total. The zero-order valence-corrected chi connectivity index (χ0v) is 6.13. The van der Waals surface area contributed by atoms with Gasteiger partial charge in [0.15, 0.2) is 0 Å². The van der Waals surface area contributed by atoms with E-state index in [-0.39, 0.29) is 0 Å². The largest absolute Gasteiger partial charge is 0.591 e. The molecule has 8 heteroatoms. The Bertz CT molecular complexity index is 141. The molecule has 0 bridgehead atoms. The fourth-order valence-electron chi connectivity index (χ4n) is 0.0667. The van der Waals surface area contributed by atoms with Crippen molar-refractivity contribution in [1.29, 1.82) is 0 Å². The lowest BCUT2D eigenvalue weighted by atomic mass is 11.2. The standard InChI is InChI=1S/CBrClN2O4/c2-1(3,4(6)7)5(8)9. The lowest BCUT2D eigenvalue weighted by Crippen LogP contribution is -2.33. The predicted octanol–water partition coefficient (Wildman–Crippen LogP) is 0.785. The molecule has 6 nitrogen and oxygen atoms in total. The minimum atomic E-state index is -2.77. The quantitative estimate of drug-likeness (QED) is 0.226. The van der Waals surface area contributed by atoms with Crippen LogP contribution in [0.4, 0.5) is 0 Å². The molecule has 0 aliphatic rings. The zero-order chi connectivity index (χ0) is 7.65. The molecule has 0 aromatic heterocycles. The number of nitrogens with zero attached hydrogens (tertiary/aromatic N) is 2. The third-order valence-corrected chi connectivity index (χ3v) is 1.29. The van der Waals surface area contributed by atoms with Crippen molar-refractivity contribution < 1.29 is 9.85 Å². The van der Waals surface area contributed by atoms with Gasteiger partial charge in [-0.05, 0) is 0 Å². The molecule has 9 heavy (non-hydrogen) atoms. The highest BCUT2D eigenvalue weighted by Gasteiger charge is 2.51. The maximum atomic E-state index is 9.65. The van der Waals surface area contributed by atoms with Crippen LogP contribution >= 0.6 is 27.5 Å². The summed E-state index contributed by atoms with van der Waals surface area (Å²) in [5.41, 5.74) is 0. The van der Waals surface area contributed by atoms with Crippen molar-refractivity contribution >= 4 is 27.5 Å². The molecule has 0 fully saturated rings. The van der Waals surface area contributed by atoms with Gasteiger partial charge in [0, 0.05) is 0 Å². The second-order valence-electron chi connectivity index (χ2n) is 1.02. The van der Waals surface area contributed by atoms with E-state index in [9.17, 15) is 20.2 Å². The van der Waals surface area contributed by atoms with Crippen LogP contribution in [0.15, 0.2) is 0 Å². The first-order chi connectivity index (χ1) is 3.89. The van der Waals surface area contributed by atoms with Gasteiger partial charge in [0.1, 0.15) is 25.8 Å². The van der Waals surface area contributed by atoms with Gasteiger partial charge in [-0.15, -0.1) is 0 Å². The van der Waals surface area contributed by atoms with Gasteiger partial charge in [-0.2, -0.15) is 0 Å². The maximum absolute atomic E-state index is 9.65. The summed E-state index contributed by atoms with van der Waals surface area (Å²) in [6.07, 6.45) is 0. The van der Waals surface area contributed by atoms with Crippen LogP contribution in [0.25, 0.3) is 0 Å². The lowest BCUT2D eigenvalue weighted by molar-refractivity contribution is -0.729. The fourth-order valence-corrected chi connectivity index (χ4v) is 0.0667. The molecule has 0 aromatic carbocycles. The first-order valence-electron chi connectivity index (χ1n) is 1.56. The van der Waals surface area contributed by atoms with E-state index in [2.05, 4.69) is 15.9 Å². The smallest absolute Gasteiger partial charge is 0.256 e. The zero-order valence-electron chi connectivity index (χ0n) is 3.78. The summed E-state index contributed by atoms with van der Waals surface area (Å²) in [5.74, 6) is 0. The lowest BCUT2D eigenvalue weighted by Gasteiger charge is -1.98. The first kappa shape index (κ1) is 8.57. The van der Waals surface area contributed by atoms with Crippen LogP contribution in [-0.4, -0.2) is 13.9 Å². The van der Waals surface area contributed by atoms with Crippen molar-refractivity contribution in [2.75, 3.05) is 0 Å². The van der Waals surface area contributed by atoms with Gasteiger partial charge in [-0.1, -0.05) is 0 Å². The van der Waals surface area contributed by atoms with Crippen molar-refractivity contribution in [2.45, 2.75) is 4.03 Å². The Labute approximate surface area is 62.2 Å². The SMILES string of the molecule is O=[N+]([O-])C(Cl)(Br)[N+](=O)[O-]. The predicted molar refractivity (Wildman–Crippen MR) is 31.5 cm³/mol. The van der Waals surface area contributed by atoms with Crippen LogP contribution in [-0.2, 0) is 0 Å². The Morgan fingerprint density at radius 1 is 1.33 bits per heavy atom. The van der Waals surface area contributed by atoms with Crippen LogP contribution < -0.4 is 0 Å². The average molecular weight is 219 g/mol. The molecule has 52 valence electrons. The summed E-state index contributed by atoms with van der Waals surface area (Å²) in [5, 5.41) is 19.3. The number of rotatable bonds is 2. The van der Waals surface area contributed by atoms with Crippen LogP contribution in [0.2, 0.25) is 0 Å². The molecular formula is CBrClN2O4. The van der Waals surface area contributed by atoms with E-state index in [1.807, 2.05) is 0 Å². The number of hydrogen-bond acceptors (Lipinski definition) is 4. The maximum Gasteiger partial charge on any atom is 0.591 e. The van der Waals surface area contributed by atoms with E-state index in [0.717, 1.165) is 0 Å². The van der Waals surface area contributed by atoms with Crippen molar-refractivity contribution in [3.63, 3.8) is 0 Å². The van der Waals surface area contributed by atoms with Crippen LogP contribution in [0, 0.1) is 20.2 Å². The summed E-state index contributed by atoms with van der Waals surface area (Å²) in [6, 6.07) is 0. The first-order valence-corrected chi connectivity index (χ1v) is 2.73. The van der Waals surface area contributed by atoms with Gasteiger partial charge in [0.05, 0.1) is 11.6 Å². The molecule has 0 saturated carbocycles. The molecule has 0 rings (SSSR count). The highest BCUT2D eigenvalue weighted by Crippen LogP contribution is 2.23. The fraction of sp³-hybridized carbons (Fsp3) is 1.00. The van der Waals surface area contributed by atoms with Crippen molar-refractivity contribution in [3.05, 3.63) is 20.2 Å². The van der Waals surface area contributed by atoms with Crippen molar-refractivity contribution in [1.82, 2.24) is 0 Å². The summed E-state index contributed by atoms with van der Waals surface area (Å²) < 4.78 is -2.77. The molecule has 0 unspecified atom stereocenters. The van der Waals surface area contributed by atoms with E-state index >= 15 is 0 Å². The number of alkyl halides is 2. The Hall–Kier alpha value is -0.430. The Balaban J connectivity index is 4.38. The third-order valence-electron chi connectivity index (χ3n) is 0.439. The van der Waals surface area contributed by atoms with Gasteiger partial charge in [0.2, 0.25) is 0 Å². The molecular weight excluding hydrogens is 219 g/mol. The van der Waals surface area contributed by atoms with Crippen LogP contribution in [0.1, 0.15) is 0 Å². The van der Waals surface area contributed by atoms with Gasteiger partial charge in [-0.3, -0.25) is 20.2 Å². The molecule has 0 amide bonds. The molecule has 0 aliphatic heterocycles. The number of nitro groups is 2. The molecule has 0 aromatic rings. The Morgan fingerprint density at radius 3 is 1.56 bits per heavy atom. The summed E-state index contributed by atoms with van der Waals surface area (Å²) >= 11 is 6.80. The van der Waals surface area contributed by atoms with Gasteiger partial charge >= 0.3 is 4.03 Å². The van der Waals surface area contributed by atoms with Gasteiger partial charge < -0.3 is 0 Å². The summed E-state index contributed by atoms with van der Waals surface area (Å²) in [6.45, 7) is 0. The summed E-state index contributed by atoms with van der Waals surface area (Å²) in [7, 11) is 0. The van der Waals surface area contributed by atoms with Crippen molar-refractivity contribution in [2.24, 2.45) is 0 Å². The normalized spacial score (nSPS) is 10.9. The molecule has 0 heterocycles. The van der Waals surface area contributed by atoms with E-state index in [1.54, 1.807) is 0 Å². The number of hydrogen-bond donors (Lipinski definition) is 0. The van der Waals surface area contributed by atoms with Gasteiger partial charge in [-0.25, -0.2) is 0 Å². The van der Waals surface area contributed by atoms with E-state index in [4.69, 9.17) is 11.6 Å².